The number of hydrogen-bond acceptors (Lipinski definition) is 13. The molecule has 1 aromatic heterocycles. The second kappa shape index (κ2) is 9.13. The van der Waals surface area contributed by atoms with Crippen LogP contribution in [0.3, 0.4) is 0 Å². The summed E-state index contributed by atoms with van der Waals surface area (Å²) in [7, 11) is 1.14. The van der Waals surface area contributed by atoms with E-state index in [0.29, 0.717) is 0 Å². The minimum atomic E-state index is -1.78. The van der Waals surface area contributed by atoms with Crippen LogP contribution < -0.4 is 14.9 Å². The zero-order valence-electron chi connectivity index (χ0n) is 18.0. The van der Waals surface area contributed by atoms with Gasteiger partial charge in [0.05, 0.1) is 13.7 Å². The van der Waals surface area contributed by atoms with Gasteiger partial charge in [0.25, 0.3) is 0 Å². The summed E-state index contributed by atoms with van der Waals surface area (Å²) >= 11 is 0. The maximum Gasteiger partial charge on any atom is 0.238 e. The highest BCUT2D eigenvalue weighted by molar-refractivity contribution is 5.91. The van der Waals surface area contributed by atoms with Crippen LogP contribution in [0.2, 0.25) is 0 Å². The maximum atomic E-state index is 12.8. The van der Waals surface area contributed by atoms with Crippen LogP contribution in [0.25, 0.3) is 22.3 Å². The lowest BCUT2D eigenvalue weighted by molar-refractivity contribution is -0.277. The van der Waals surface area contributed by atoms with Gasteiger partial charge in [-0.25, -0.2) is 0 Å². The molecular weight excluding hydrogens is 472 g/mol. The Kier molecular flexibility index (Phi) is 6.36. The van der Waals surface area contributed by atoms with Gasteiger partial charge >= 0.3 is 0 Å². The number of ether oxygens (including phenoxy) is 3. The summed E-state index contributed by atoms with van der Waals surface area (Å²) in [5.74, 6) is -3.81. The first kappa shape index (κ1) is 24.4. The molecule has 1 saturated heterocycles. The predicted octanol–water partition coefficient (Wildman–Crippen LogP) is -0.530. The summed E-state index contributed by atoms with van der Waals surface area (Å²) in [6.07, 6.45) is -8.07. The molecule has 1 aliphatic rings. The number of phenolic OH excluding ortho intramolecular Hbond substituents is 3. The highest BCUT2D eigenvalue weighted by Gasteiger charge is 2.45. The van der Waals surface area contributed by atoms with Crippen molar-refractivity contribution in [2.24, 2.45) is 0 Å². The standard InChI is InChI=1S/C22H22O13/c1-32-21-11(34-22-19(31)17(29)14(26)12(6-23)35-22)5-10-13(16(21)28)15(27)18(30)20(33-10)7-2-3-8(24)9(25)4-7/h2-5,12,14,17,19,22-26,28-31H,6H2,1H3/t12-,14-,17+,19-,22?/m1/s1. The van der Waals surface area contributed by atoms with Crippen LogP contribution in [0.4, 0.5) is 0 Å². The van der Waals surface area contributed by atoms with E-state index in [1.165, 1.54) is 6.07 Å². The second-order valence-electron chi connectivity index (χ2n) is 7.76. The van der Waals surface area contributed by atoms with Crippen molar-refractivity contribution in [3.63, 3.8) is 0 Å². The van der Waals surface area contributed by atoms with E-state index in [4.69, 9.17) is 18.6 Å². The van der Waals surface area contributed by atoms with E-state index in [1.807, 2.05) is 0 Å². The molecule has 0 aliphatic carbocycles. The minimum Gasteiger partial charge on any atom is -0.504 e. The molecule has 0 spiro atoms. The number of rotatable bonds is 5. The van der Waals surface area contributed by atoms with Crippen LogP contribution >= 0.6 is 0 Å². The molecule has 4 rings (SSSR count). The fourth-order valence-electron chi connectivity index (χ4n) is 3.72. The number of aromatic hydroxyl groups is 4. The van der Waals surface area contributed by atoms with Crippen LogP contribution in [0.15, 0.2) is 33.5 Å². The van der Waals surface area contributed by atoms with E-state index in [9.17, 15) is 45.6 Å². The van der Waals surface area contributed by atoms with Crippen molar-refractivity contribution >= 4 is 11.0 Å². The Balaban J connectivity index is 1.85. The monoisotopic (exact) mass is 494 g/mol. The maximum absolute atomic E-state index is 12.8. The lowest BCUT2D eigenvalue weighted by Gasteiger charge is -2.39. The van der Waals surface area contributed by atoms with Crippen molar-refractivity contribution in [2.75, 3.05) is 13.7 Å². The summed E-state index contributed by atoms with van der Waals surface area (Å²) in [5.41, 5.74) is -1.35. The average molecular weight is 494 g/mol. The molecular formula is C22H22O13. The van der Waals surface area contributed by atoms with Gasteiger partial charge in [0.1, 0.15) is 35.4 Å². The Labute approximate surface area is 195 Å². The number of aliphatic hydroxyl groups is 4. The topological polar surface area (TPSA) is 220 Å². The van der Waals surface area contributed by atoms with Gasteiger partial charge in [-0.15, -0.1) is 0 Å². The quantitative estimate of drug-likeness (QED) is 0.209. The van der Waals surface area contributed by atoms with E-state index in [2.05, 4.69) is 0 Å². The number of benzene rings is 2. The third-order valence-corrected chi connectivity index (χ3v) is 5.59. The molecule has 188 valence electrons. The molecule has 2 heterocycles. The molecule has 0 amide bonds. The van der Waals surface area contributed by atoms with Crippen molar-refractivity contribution in [3.8, 4) is 45.8 Å². The van der Waals surface area contributed by atoms with Crippen molar-refractivity contribution in [1.82, 2.24) is 0 Å². The van der Waals surface area contributed by atoms with Gasteiger partial charge in [-0.2, -0.15) is 0 Å². The van der Waals surface area contributed by atoms with Gasteiger partial charge in [-0.05, 0) is 18.2 Å². The Bertz CT molecular complexity index is 1320. The molecule has 8 N–H and O–H groups in total. The largest absolute Gasteiger partial charge is 0.504 e. The molecule has 2 aromatic carbocycles. The second-order valence-corrected chi connectivity index (χ2v) is 7.76. The molecule has 1 fully saturated rings. The number of aliphatic hydroxyl groups excluding tert-OH is 4. The first-order valence-electron chi connectivity index (χ1n) is 10.2. The molecule has 13 heteroatoms. The Morgan fingerprint density at radius 3 is 2.29 bits per heavy atom. The summed E-state index contributed by atoms with van der Waals surface area (Å²) in [4.78, 5) is 12.8. The molecule has 0 radical (unpaired) electrons. The van der Waals surface area contributed by atoms with Gasteiger partial charge in [0.2, 0.25) is 23.2 Å². The van der Waals surface area contributed by atoms with E-state index in [-0.39, 0.29) is 16.9 Å². The predicted molar refractivity (Wildman–Crippen MR) is 116 cm³/mol. The van der Waals surface area contributed by atoms with Crippen LogP contribution in [0.1, 0.15) is 0 Å². The lowest BCUT2D eigenvalue weighted by atomic mass is 9.99. The van der Waals surface area contributed by atoms with E-state index >= 15 is 0 Å². The zero-order chi connectivity index (χ0) is 25.6. The smallest absolute Gasteiger partial charge is 0.238 e. The summed E-state index contributed by atoms with van der Waals surface area (Å²) in [5, 5.41) is 79.4. The zero-order valence-corrected chi connectivity index (χ0v) is 18.0. The van der Waals surface area contributed by atoms with Crippen LogP contribution in [-0.2, 0) is 4.74 Å². The van der Waals surface area contributed by atoms with Crippen molar-refractivity contribution in [3.05, 3.63) is 34.5 Å². The van der Waals surface area contributed by atoms with Crippen molar-refractivity contribution in [2.45, 2.75) is 30.7 Å². The van der Waals surface area contributed by atoms with Crippen LogP contribution in [-0.4, -0.2) is 85.3 Å². The molecule has 13 nitrogen and oxygen atoms in total. The molecule has 1 unspecified atom stereocenters. The SMILES string of the molecule is COc1c(OC2O[C@H](CO)[C@@H](O)[C@H](O)[C@H]2O)cc2oc(-c3ccc(O)c(O)c3)c(O)c(=O)c2c1O. The Hall–Kier alpha value is -3.75. The van der Waals surface area contributed by atoms with E-state index in [1.54, 1.807) is 0 Å². The fourth-order valence-corrected chi connectivity index (χ4v) is 3.72. The van der Waals surface area contributed by atoms with Gasteiger partial charge in [-0.3, -0.25) is 4.79 Å². The molecule has 35 heavy (non-hydrogen) atoms. The minimum absolute atomic E-state index is 0.0171. The van der Waals surface area contributed by atoms with Crippen molar-refractivity contribution < 1.29 is 59.5 Å². The first-order valence-corrected chi connectivity index (χ1v) is 10.2. The van der Waals surface area contributed by atoms with Gasteiger partial charge in [-0.1, -0.05) is 0 Å². The van der Waals surface area contributed by atoms with Crippen molar-refractivity contribution in [1.29, 1.82) is 0 Å². The number of hydrogen-bond donors (Lipinski definition) is 8. The highest BCUT2D eigenvalue weighted by atomic mass is 16.7. The Morgan fingerprint density at radius 2 is 1.66 bits per heavy atom. The van der Waals surface area contributed by atoms with Gasteiger partial charge in [0, 0.05) is 11.6 Å². The molecule has 0 saturated carbocycles. The van der Waals surface area contributed by atoms with E-state index in [0.717, 1.165) is 25.3 Å². The molecule has 5 atom stereocenters. The summed E-state index contributed by atoms with van der Waals surface area (Å²) < 4.78 is 21.5. The number of phenols is 3. The van der Waals surface area contributed by atoms with Crippen LogP contribution in [0, 0.1) is 0 Å². The molecule has 3 aromatic rings. The molecule has 1 aliphatic heterocycles. The van der Waals surface area contributed by atoms with E-state index < -0.39 is 82.6 Å². The average Bonchev–Trinajstić information content (AvgIpc) is 2.83. The lowest BCUT2D eigenvalue weighted by Crippen LogP contribution is -2.60. The molecule has 0 bridgehead atoms. The summed E-state index contributed by atoms with van der Waals surface area (Å²) in [6.45, 7) is -0.706. The third kappa shape index (κ3) is 4.05. The third-order valence-electron chi connectivity index (χ3n) is 5.59. The van der Waals surface area contributed by atoms with Gasteiger partial charge in [0.15, 0.2) is 28.8 Å². The normalized spacial score (nSPS) is 24.4. The number of methoxy groups -OCH3 is 1. The van der Waals surface area contributed by atoms with Gasteiger partial charge < -0.3 is 59.5 Å². The fraction of sp³-hybridized carbons (Fsp3) is 0.318. The number of fused-ring (bicyclic) bond motifs is 1. The Morgan fingerprint density at radius 1 is 0.943 bits per heavy atom. The highest BCUT2D eigenvalue weighted by Crippen LogP contribution is 2.45. The summed E-state index contributed by atoms with van der Waals surface area (Å²) in [6, 6.07) is 4.48. The first-order chi connectivity index (χ1) is 16.6. The van der Waals surface area contributed by atoms with Crippen LogP contribution in [0.5, 0.6) is 34.5 Å².